The zero-order chi connectivity index (χ0) is 18.1. The molecule has 0 radical (unpaired) electrons. The smallest absolute Gasteiger partial charge is 0.291 e. The van der Waals surface area contributed by atoms with Crippen molar-refractivity contribution in [3.63, 3.8) is 0 Å². The maximum atomic E-state index is 12.7. The van der Waals surface area contributed by atoms with Gasteiger partial charge in [0.15, 0.2) is 6.39 Å². The quantitative estimate of drug-likeness (QED) is 0.836. The van der Waals surface area contributed by atoms with Crippen LogP contribution in [0.2, 0.25) is 0 Å². The number of nitrogens with zero attached hydrogens (tertiary/aromatic N) is 5. The van der Waals surface area contributed by atoms with Crippen molar-refractivity contribution in [2.45, 2.75) is 38.6 Å². The van der Waals surface area contributed by atoms with Crippen LogP contribution < -0.4 is 0 Å². The van der Waals surface area contributed by atoms with Crippen LogP contribution in [0.5, 0.6) is 0 Å². The van der Waals surface area contributed by atoms with E-state index in [4.69, 9.17) is 9.52 Å². The highest BCUT2D eigenvalue weighted by molar-refractivity contribution is 5.93. The van der Waals surface area contributed by atoms with Crippen LogP contribution >= 0.6 is 0 Å². The highest BCUT2D eigenvalue weighted by Crippen LogP contribution is 2.28. The van der Waals surface area contributed by atoms with Crippen LogP contribution in [0, 0.1) is 0 Å². The Morgan fingerprint density at radius 2 is 2.19 bits per heavy atom. The zero-order valence-electron chi connectivity index (χ0n) is 14.9. The van der Waals surface area contributed by atoms with Crippen LogP contribution in [0.4, 0.5) is 0 Å². The number of carbonyl (C=O) groups excluding carboxylic acids is 2. The molecule has 26 heavy (non-hydrogen) atoms. The van der Waals surface area contributed by atoms with Gasteiger partial charge in [0.2, 0.25) is 5.76 Å². The summed E-state index contributed by atoms with van der Waals surface area (Å²) in [7, 11) is 0. The Morgan fingerprint density at radius 1 is 1.31 bits per heavy atom. The number of carbonyl (C=O) groups is 2. The number of rotatable bonds is 3. The first-order valence-corrected chi connectivity index (χ1v) is 9.22. The first-order valence-electron chi connectivity index (χ1n) is 9.22. The second-order valence-electron chi connectivity index (χ2n) is 6.87. The van der Waals surface area contributed by atoms with Gasteiger partial charge in [-0.15, -0.1) is 0 Å². The molecule has 1 saturated heterocycles. The van der Waals surface area contributed by atoms with E-state index in [1.165, 1.54) is 12.6 Å². The summed E-state index contributed by atoms with van der Waals surface area (Å²) in [4.78, 5) is 32.7. The average Bonchev–Trinajstić information content (AvgIpc) is 3.32. The van der Waals surface area contributed by atoms with E-state index in [1.807, 2.05) is 22.6 Å². The van der Waals surface area contributed by atoms with E-state index >= 15 is 0 Å². The van der Waals surface area contributed by atoms with Gasteiger partial charge in [-0.25, -0.2) is 4.98 Å². The minimum absolute atomic E-state index is 0.0501. The highest BCUT2D eigenvalue weighted by atomic mass is 16.3. The number of hydrogen-bond acceptors (Lipinski definition) is 5. The number of aryl methyl sites for hydroxylation is 1. The van der Waals surface area contributed by atoms with Crippen molar-refractivity contribution < 1.29 is 14.0 Å². The standard InChI is InChI=1S/C18H23N5O3/c1-2-21-7-4-8-23-15(17(21)24)9-14(20-23)13-5-3-6-22(11-13)18(25)16-10-19-12-26-16/h9-10,12-13H,2-8,11H2,1H3. The Morgan fingerprint density at radius 3 is 2.96 bits per heavy atom. The van der Waals surface area contributed by atoms with Crippen LogP contribution in [-0.4, -0.2) is 62.6 Å². The summed E-state index contributed by atoms with van der Waals surface area (Å²) < 4.78 is 6.97. The predicted octanol–water partition coefficient (Wildman–Crippen LogP) is 1.76. The van der Waals surface area contributed by atoms with Gasteiger partial charge in [-0.1, -0.05) is 0 Å². The van der Waals surface area contributed by atoms with E-state index in [0.717, 1.165) is 38.0 Å². The normalized spacial score (nSPS) is 20.8. The van der Waals surface area contributed by atoms with Gasteiger partial charge >= 0.3 is 0 Å². The summed E-state index contributed by atoms with van der Waals surface area (Å²) in [5.41, 5.74) is 1.57. The minimum atomic E-state index is -0.138. The van der Waals surface area contributed by atoms with Crippen LogP contribution in [0.15, 0.2) is 23.1 Å². The number of fused-ring (bicyclic) bond motifs is 1. The summed E-state index contributed by atoms with van der Waals surface area (Å²) in [5.74, 6) is 0.313. The molecule has 2 aliphatic heterocycles. The molecule has 2 aromatic rings. The molecular formula is C18H23N5O3. The van der Waals surface area contributed by atoms with E-state index in [-0.39, 0.29) is 23.5 Å². The van der Waals surface area contributed by atoms with Gasteiger partial charge in [0.05, 0.1) is 11.9 Å². The Balaban J connectivity index is 1.54. The van der Waals surface area contributed by atoms with Crippen molar-refractivity contribution in [3.8, 4) is 0 Å². The van der Waals surface area contributed by atoms with Crippen molar-refractivity contribution >= 4 is 11.8 Å². The van der Waals surface area contributed by atoms with Crippen molar-refractivity contribution in [3.05, 3.63) is 35.8 Å². The molecule has 1 unspecified atom stereocenters. The second-order valence-corrected chi connectivity index (χ2v) is 6.87. The Labute approximate surface area is 151 Å². The molecule has 1 atom stereocenters. The fourth-order valence-corrected chi connectivity index (χ4v) is 3.84. The van der Waals surface area contributed by atoms with Gasteiger partial charge in [0.25, 0.3) is 11.8 Å². The fourth-order valence-electron chi connectivity index (χ4n) is 3.84. The molecule has 0 aliphatic carbocycles. The second kappa shape index (κ2) is 6.93. The van der Waals surface area contributed by atoms with E-state index in [1.54, 1.807) is 4.90 Å². The molecule has 1 fully saturated rings. The molecule has 8 heteroatoms. The first-order chi connectivity index (χ1) is 12.7. The molecule has 0 aromatic carbocycles. The lowest BCUT2D eigenvalue weighted by Crippen LogP contribution is -2.39. The molecule has 2 amide bonds. The van der Waals surface area contributed by atoms with Crippen molar-refractivity contribution in [1.82, 2.24) is 24.6 Å². The molecule has 0 N–H and O–H groups in total. The lowest BCUT2D eigenvalue weighted by atomic mass is 9.94. The molecule has 4 rings (SSSR count). The van der Waals surface area contributed by atoms with Crippen molar-refractivity contribution in [2.24, 2.45) is 0 Å². The van der Waals surface area contributed by atoms with Crippen LogP contribution in [0.25, 0.3) is 0 Å². The third-order valence-electron chi connectivity index (χ3n) is 5.25. The average molecular weight is 357 g/mol. The lowest BCUT2D eigenvalue weighted by molar-refractivity contribution is 0.0672. The molecule has 2 aromatic heterocycles. The van der Waals surface area contributed by atoms with Gasteiger partial charge in [-0.3, -0.25) is 14.3 Å². The number of amides is 2. The third kappa shape index (κ3) is 3.00. The van der Waals surface area contributed by atoms with Crippen LogP contribution in [0.1, 0.15) is 58.8 Å². The summed E-state index contributed by atoms with van der Waals surface area (Å²) in [6, 6.07) is 1.92. The number of oxazole rings is 1. The highest BCUT2D eigenvalue weighted by Gasteiger charge is 2.31. The molecule has 2 aliphatic rings. The van der Waals surface area contributed by atoms with Crippen molar-refractivity contribution in [1.29, 1.82) is 0 Å². The van der Waals surface area contributed by atoms with E-state index < -0.39 is 0 Å². The Kier molecular flexibility index (Phi) is 4.48. The number of aromatic nitrogens is 3. The van der Waals surface area contributed by atoms with Crippen molar-refractivity contribution in [2.75, 3.05) is 26.2 Å². The fraction of sp³-hybridized carbons (Fsp3) is 0.556. The number of likely N-dealkylation sites (tertiary alicyclic amines) is 1. The van der Waals surface area contributed by atoms with Gasteiger partial charge < -0.3 is 14.2 Å². The van der Waals surface area contributed by atoms with Gasteiger partial charge in [-0.2, -0.15) is 5.10 Å². The summed E-state index contributed by atoms with van der Waals surface area (Å²) in [5, 5.41) is 4.71. The van der Waals surface area contributed by atoms with Crippen LogP contribution in [-0.2, 0) is 6.54 Å². The monoisotopic (exact) mass is 357 g/mol. The predicted molar refractivity (Wildman–Crippen MR) is 92.8 cm³/mol. The molecular weight excluding hydrogens is 334 g/mol. The summed E-state index contributed by atoms with van der Waals surface area (Å²) in [6.07, 6.45) is 5.49. The molecule has 8 nitrogen and oxygen atoms in total. The van der Waals surface area contributed by atoms with Gasteiger partial charge in [0, 0.05) is 38.6 Å². The zero-order valence-corrected chi connectivity index (χ0v) is 14.9. The third-order valence-corrected chi connectivity index (χ3v) is 5.25. The summed E-state index contributed by atoms with van der Waals surface area (Å²) in [6.45, 7) is 5.52. The SMILES string of the molecule is CCN1CCCn2nc(C3CCCN(C(=O)c4cnco4)C3)cc2C1=O. The number of piperidine rings is 1. The molecule has 0 spiro atoms. The van der Waals surface area contributed by atoms with Gasteiger partial charge in [-0.05, 0) is 32.3 Å². The molecule has 0 bridgehead atoms. The maximum Gasteiger partial charge on any atom is 0.291 e. The Bertz CT molecular complexity index is 798. The van der Waals surface area contributed by atoms with Gasteiger partial charge in [0.1, 0.15) is 5.69 Å². The van der Waals surface area contributed by atoms with Crippen LogP contribution in [0.3, 0.4) is 0 Å². The molecule has 0 saturated carbocycles. The maximum absolute atomic E-state index is 12.7. The van der Waals surface area contributed by atoms with E-state index in [9.17, 15) is 9.59 Å². The van der Waals surface area contributed by atoms with E-state index in [0.29, 0.717) is 25.3 Å². The number of hydrogen-bond donors (Lipinski definition) is 0. The minimum Gasteiger partial charge on any atom is -0.438 e. The lowest BCUT2D eigenvalue weighted by Gasteiger charge is -2.31. The Hall–Kier alpha value is -2.64. The summed E-state index contributed by atoms with van der Waals surface area (Å²) >= 11 is 0. The first kappa shape index (κ1) is 16.8. The molecule has 4 heterocycles. The molecule has 138 valence electrons. The van der Waals surface area contributed by atoms with E-state index in [2.05, 4.69) is 4.98 Å². The largest absolute Gasteiger partial charge is 0.438 e. The topological polar surface area (TPSA) is 84.5 Å².